The number of urea groups is 1. The zero-order valence-electron chi connectivity index (χ0n) is 24.3. The normalized spacial score (nSPS) is 40.0. The van der Waals surface area contributed by atoms with Crippen LogP contribution in [0, 0.1) is 35.5 Å². The number of carbonyl (C=O) groups excluding carboxylic acids is 2. The third-order valence-electron chi connectivity index (χ3n) is 11.6. The molecule has 3 saturated heterocycles. The van der Waals surface area contributed by atoms with E-state index in [1.807, 2.05) is 28.8 Å². The van der Waals surface area contributed by atoms with Gasteiger partial charge in [0.15, 0.2) is 0 Å². The number of rotatable bonds is 3. The van der Waals surface area contributed by atoms with Crippen LogP contribution in [0.15, 0.2) is 29.1 Å². The minimum atomic E-state index is -0.573. The van der Waals surface area contributed by atoms with Crippen LogP contribution in [-0.2, 0) is 4.79 Å². The van der Waals surface area contributed by atoms with E-state index >= 15 is 0 Å². The highest BCUT2D eigenvalue weighted by Crippen LogP contribution is 2.52. The van der Waals surface area contributed by atoms with E-state index in [1.54, 1.807) is 0 Å². The molecule has 8 nitrogen and oxygen atoms in total. The van der Waals surface area contributed by atoms with Gasteiger partial charge in [-0.1, -0.05) is 39.8 Å². The van der Waals surface area contributed by atoms with Gasteiger partial charge in [0, 0.05) is 24.2 Å². The van der Waals surface area contributed by atoms with Gasteiger partial charge in [0.05, 0.1) is 11.0 Å². The van der Waals surface area contributed by atoms with Gasteiger partial charge in [-0.25, -0.2) is 9.78 Å². The Morgan fingerprint density at radius 1 is 0.750 bits per heavy atom. The minimum absolute atomic E-state index is 0.0258. The quantitative estimate of drug-likeness (QED) is 0.551. The van der Waals surface area contributed by atoms with Gasteiger partial charge < -0.3 is 4.57 Å². The lowest BCUT2D eigenvalue weighted by molar-refractivity contribution is -0.117. The molecule has 3 aliphatic heterocycles. The zero-order valence-corrected chi connectivity index (χ0v) is 24.3. The molecule has 8 heteroatoms. The van der Waals surface area contributed by atoms with Crippen LogP contribution >= 0.6 is 0 Å². The van der Waals surface area contributed by atoms with Crippen molar-refractivity contribution in [3.63, 3.8) is 0 Å². The second kappa shape index (κ2) is 9.68. The summed E-state index contributed by atoms with van der Waals surface area (Å²) in [7, 11) is 0. The van der Waals surface area contributed by atoms with E-state index in [2.05, 4.69) is 42.9 Å². The summed E-state index contributed by atoms with van der Waals surface area (Å²) in [6.45, 7) is 9.62. The number of aromatic nitrogens is 2. The summed E-state index contributed by atoms with van der Waals surface area (Å²) in [5.74, 6) is 4.09. The van der Waals surface area contributed by atoms with Crippen molar-refractivity contribution in [1.29, 1.82) is 0 Å². The van der Waals surface area contributed by atoms with Crippen molar-refractivity contribution in [1.82, 2.24) is 19.8 Å². The first-order valence-corrected chi connectivity index (χ1v) is 15.6. The predicted molar refractivity (Wildman–Crippen MR) is 155 cm³/mol. The number of nitrogens with zero attached hydrogens (tertiary/aromatic N) is 4. The molecule has 2 aliphatic carbocycles. The third kappa shape index (κ3) is 4.12. The smallest absolute Gasteiger partial charge is 0.300 e. The number of amides is 3. The fourth-order valence-corrected chi connectivity index (χ4v) is 9.66. The maximum Gasteiger partial charge on any atom is 0.330 e. The Morgan fingerprint density at radius 2 is 1.38 bits per heavy atom. The molecule has 40 heavy (non-hydrogen) atoms. The number of hydrogen-bond acceptors (Lipinski definition) is 5. The maximum absolute atomic E-state index is 14.1. The molecule has 4 heterocycles. The van der Waals surface area contributed by atoms with Crippen LogP contribution in [0.5, 0.6) is 0 Å². The van der Waals surface area contributed by atoms with Crippen LogP contribution in [0.3, 0.4) is 0 Å². The second-order valence-corrected chi connectivity index (χ2v) is 14.0. The Labute approximate surface area is 236 Å². The molecule has 2 saturated carbocycles. The first kappa shape index (κ1) is 26.2. The van der Waals surface area contributed by atoms with E-state index < -0.39 is 11.9 Å². The minimum Gasteiger partial charge on any atom is -0.300 e. The van der Waals surface area contributed by atoms with Crippen molar-refractivity contribution in [3.8, 4) is 0 Å². The lowest BCUT2D eigenvalue weighted by atomic mass is 9.60. The first-order chi connectivity index (χ1) is 19.2. The SMILES string of the molecule is CC1CC(C)C2CC1CC(N1C3CC(n4c(=O)c(N5CC(=O)NC5=O)nc5ccccc54)C[C@@H]1C(C)CC3C)C2. The molecule has 7 rings (SSSR count). The van der Waals surface area contributed by atoms with Crippen molar-refractivity contribution in [2.75, 3.05) is 11.4 Å². The van der Waals surface area contributed by atoms with Crippen LogP contribution in [0.25, 0.3) is 11.0 Å². The van der Waals surface area contributed by atoms with Crippen molar-refractivity contribution < 1.29 is 9.59 Å². The summed E-state index contributed by atoms with van der Waals surface area (Å²) in [5, 5.41) is 2.30. The second-order valence-electron chi connectivity index (χ2n) is 14.0. The fourth-order valence-electron chi connectivity index (χ4n) is 9.66. The monoisotopic (exact) mass is 545 g/mol. The van der Waals surface area contributed by atoms with Crippen LogP contribution in [0.1, 0.15) is 78.7 Å². The molecule has 0 spiro atoms. The summed E-state index contributed by atoms with van der Waals surface area (Å²) < 4.78 is 1.93. The van der Waals surface area contributed by atoms with Gasteiger partial charge >= 0.3 is 6.03 Å². The summed E-state index contributed by atoms with van der Waals surface area (Å²) >= 11 is 0. The van der Waals surface area contributed by atoms with E-state index in [-0.39, 0.29) is 24.0 Å². The van der Waals surface area contributed by atoms with Gasteiger partial charge in [0.25, 0.3) is 5.56 Å². The third-order valence-corrected chi connectivity index (χ3v) is 11.6. The molecular formula is C32H43N5O3. The van der Waals surface area contributed by atoms with Crippen molar-refractivity contribution >= 4 is 28.8 Å². The Balaban J connectivity index is 1.27. The number of anilines is 1. The van der Waals surface area contributed by atoms with Gasteiger partial charge in [-0.2, -0.15) is 0 Å². The van der Waals surface area contributed by atoms with E-state index in [1.165, 1.54) is 37.0 Å². The Kier molecular flexibility index (Phi) is 6.33. The van der Waals surface area contributed by atoms with Gasteiger partial charge in [-0.15, -0.1) is 0 Å². The van der Waals surface area contributed by atoms with Crippen molar-refractivity contribution in [2.24, 2.45) is 35.5 Å². The number of fused-ring (bicyclic) bond motifs is 5. The van der Waals surface area contributed by atoms with E-state index in [0.717, 1.165) is 42.0 Å². The number of imide groups is 1. The van der Waals surface area contributed by atoms with Crippen LogP contribution in [0.4, 0.5) is 10.6 Å². The lowest BCUT2D eigenvalue weighted by Crippen LogP contribution is -2.63. The average molecular weight is 546 g/mol. The molecule has 1 aromatic heterocycles. The molecule has 5 fully saturated rings. The van der Waals surface area contributed by atoms with Gasteiger partial charge in [-0.05, 0) is 92.6 Å². The number of benzene rings is 1. The van der Waals surface area contributed by atoms with Gasteiger partial charge in [0.2, 0.25) is 11.7 Å². The molecule has 2 aromatic rings. The highest BCUT2D eigenvalue weighted by Gasteiger charge is 2.51. The molecule has 1 aromatic carbocycles. The van der Waals surface area contributed by atoms with Crippen LogP contribution in [-0.4, -0.2) is 51.1 Å². The summed E-state index contributed by atoms with van der Waals surface area (Å²) in [6.07, 6.45) is 8.52. The zero-order chi connectivity index (χ0) is 27.9. The molecule has 3 amide bonds. The first-order valence-electron chi connectivity index (χ1n) is 15.6. The molecule has 214 valence electrons. The number of para-hydroxylation sites is 2. The average Bonchev–Trinajstić information content (AvgIpc) is 3.27. The number of piperidine rings is 2. The van der Waals surface area contributed by atoms with Crippen molar-refractivity contribution in [3.05, 3.63) is 34.6 Å². The van der Waals surface area contributed by atoms with Gasteiger partial charge in [0.1, 0.15) is 6.54 Å². The number of hydrogen-bond donors (Lipinski definition) is 1. The topological polar surface area (TPSA) is 87.5 Å². The van der Waals surface area contributed by atoms with Crippen LogP contribution < -0.4 is 15.8 Å². The molecule has 5 aliphatic rings. The summed E-state index contributed by atoms with van der Waals surface area (Å²) in [4.78, 5) is 47.4. The molecular weight excluding hydrogens is 502 g/mol. The van der Waals surface area contributed by atoms with Crippen LogP contribution in [0.2, 0.25) is 0 Å². The summed E-state index contributed by atoms with van der Waals surface area (Å²) in [5.41, 5.74) is 1.23. The Bertz CT molecular complexity index is 1370. The van der Waals surface area contributed by atoms with E-state index in [0.29, 0.717) is 35.5 Å². The predicted octanol–water partition coefficient (Wildman–Crippen LogP) is 4.96. The molecule has 9 atom stereocenters. The molecule has 4 bridgehead atoms. The number of nitrogens with one attached hydrogen (secondary N) is 1. The molecule has 8 unspecified atom stereocenters. The molecule has 0 radical (unpaired) electrons. The Morgan fingerprint density at radius 3 is 2.00 bits per heavy atom. The fraction of sp³-hybridized carbons (Fsp3) is 0.688. The van der Waals surface area contributed by atoms with E-state index in [4.69, 9.17) is 0 Å². The highest BCUT2D eigenvalue weighted by molar-refractivity contribution is 6.11. The molecule has 1 N–H and O–H groups in total. The van der Waals surface area contributed by atoms with Gasteiger partial charge in [-0.3, -0.25) is 24.7 Å². The maximum atomic E-state index is 14.1. The number of carbonyl (C=O) groups is 2. The largest absolute Gasteiger partial charge is 0.330 e. The van der Waals surface area contributed by atoms with E-state index in [9.17, 15) is 14.4 Å². The standard InChI is InChI=1S/C32H43N5O3/c1-17-9-18(2)22-11-21(17)12-23(13-22)36-27-14-24(15-28(36)20(4)10-19(27)3)37-26-8-6-5-7-25(26)33-30(31(37)39)35-16-29(38)34-32(35)40/h5-8,17-24,27-28H,9-16H2,1-4H3,(H,34,38,40)/t17?,18?,19?,20?,21?,22?,23?,24?,27-,28?/m1/s1. The summed E-state index contributed by atoms with van der Waals surface area (Å²) in [6, 6.07) is 8.70. The lowest BCUT2D eigenvalue weighted by Gasteiger charge is -2.60. The highest BCUT2D eigenvalue weighted by atomic mass is 16.2. The Hall–Kier alpha value is -2.74. The van der Waals surface area contributed by atoms with Crippen molar-refractivity contribution in [2.45, 2.75) is 96.8 Å².